The van der Waals surface area contributed by atoms with Gasteiger partial charge in [0, 0.05) is 6.54 Å². The monoisotopic (exact) mass is 153 g/mol. The number of aromatic carboxylic acids is 1. The predicted octanol–water partition coefficient (Wildman–Crippen LogP) is 0.00680. The summed E-state index contributed by atoms with van der Waals surface area (Å²) >= 11 is 0. The van der Waals surface area contributed by atoms with E-state index in [1.807, 2.05) is 0 Å². The van der Waals surface area contributed by atoms with E-state index in [1.54, 1.807) is 4.68 Å². The lowest BCUT2D eigenvalue weighted by atomic mass is 10.3. The molecule has 0 fully saturated rings. The quantitative estimate of drug-likeness (QED) is 0.596. The van der Waals surface area contributed by atoms with Crippen LogP contribution in [0.5, 0.6) is 0 Å². The number of rotatable bonds is 1. The Hall–Kier alpha value is -1.52. The van der Waals surface area contributed by atoms with E-state index in [9.17, 15) is 4.79 Å². The van der Waals surface area contributed by atoms with Gasteiger partial charge in [-0.25, -0.2) is 9.48 Å². The predicted molar refractivity (Wildman–Crippen MR) is 37.7 cm³/mol. The fraction of sp³-hybridized carbons (Fsp3) is 0.333. The molecule has 0 saturated heterocycles. The van der Waals surface area contributed by atoms with Crippen molar-refractivity contribution in [1.82, 2.24) is 9.78 Å². The number of anilines is 1. The number of carboxylic acids is 1. The van der Waals surface area contributed by atoms with E-state index >= 15 is 0 Å². The second-order valence-corrected chi connectivity index (χ2v) is 2.36. The first-order chi connectivity index (χ1) is 5.29. The molecule has 58 valence electrons. The van der Waals surface area contributed by atoms with Crippen LogP contribution in [0.15, 0.2) is 6.20 Å². The van der Waals surface area contributed by atoms with Crippen LogP contribution >= 0.6 is 0 Å². The molecule has 1 aromatic heterocycles. The molecule has 0 amide bonds. The van der Waals surface area contributed by atoms with E-state index in [1.165, 1.54) is 6.20 Å². The van der Waals surface area contributed by atoms with Crippen molar-refractivity contribution in [2.24, 2.45) is 0 Å². The molecule has 11 heavy (non-hydrogen) atoms. The van der Waals surface area contributed by atoms with Gasteiger partial charge in [0.1, 0.15) is 11.4 Å². The van der Waals surface area contributed by atoms with Crippen molar-refractivity contribution in [3.63, 3.8) is 0 Å². The second-order valence-electron chi connectivity index (χ2n) is 2.36. The van der Waals surface area contributed by atoms with Gasteiger partial charge < -0.3 is 10.4 Å². The van der Waals surface area contributed by atoms with Crippen molar-refractivity contribution in [2.75, 3.05) is 11.9 Å². The van der Waals surface area contributed by atoms with Crippen LogP contribution in [0.25, 0.3) is 0 Å². The molecule has 0 saturated carbocycles. The van der Waals surface area contributed by atoms with Crippen molar-refractivity contribution in [3.05, 3.63) is 11.8 Å². The molecular formula is C6H7N3O2. The van der Waals surface area contributed by atoms with Crippen molar-refractivity contribution in [3.8, 4) is 0 Å². The zero-order valence-electron chi connectivity index (χ0n) is 5.74. The van der Waals surface area contributed by atoms with Crippen LogP contribution in [0.1, 0.15) is 10.4 Å². The first-order valence-corrected chi connectivity index (χ1v) is 3.32. The number of carbonyl (C=O) groups is 1. The molecule has 0 aromatic carbocycles. The Bertz CT molecular complexity index is 305. The average molecular weight is 153 g/mol. The largest absolute Gasteiger partial charge is 0.477 e. The summed E-state index contributed by atoms with van der Waals surface area (Å²) in [6.07, 6.45) is 1.36. The number of nitrogens with zero attached hydrogens (tertiary/aromatic N) is 2. The smallest absolute Gasteiger partial charge is 0.341 e. The van der Waals surface area contributed by atoms with Crippen LogP contribution in [-0.2, 0) is 6.54 Å². The van der Waals surface area contributed by atoms with Crippen LogP contribution in [-0.4, -0.2) is 27.4 Å². The Balaban J connectivity index is 2.50. The third kappa shape index (κ3) is 0.772. The summed E-state index contributed by atoms with van der Waals surface area (Å²) in [5, 5.41) is 15.5. The minimum atomic E-state index is -0.930. The summed E-state index contributed by atoms with van der Waals surface area (Å²) in [4.78, 5) is 10.5. The molecular weight excluding hydrogens is 146 g/mol. The number of aromatic nitrogens is 2. The van der Waals surface area contributed by atoms with E-state index in [0.717, 1.165) is 13.1 Å². The molecule has 0 aliphatic carbocycles. The number of hydrogen-bond acceptors (Lipinski definition) is 3. The first-order valence-electron chi connectivity index (χ1n) is 3.32. The van der Waals surface area contributed by atoms with Crippen LogP contribution < -0.4 is 5.32 Å². The van der Waals surface area contributed by atoms with Gasteiger partial charge in [0.2, 0.25) is 0 Å². The SMILES string of the molecule is O=C(O)c1cnn2c1NCC2. The van der Waals surface area contributed by atoms with Gasteiger partial charge in [-0.2, -0.15) is 5.10 Å². The Labute approximate surface area is 62.6 Å². The van der Waals surface area contributed by atoms with Gasteiger partial charge >= 0.3 is 5.97 Å². The molecule has 0 atom stereocenters. The standard InChI is InChI=1S/C6H7N3O2/c10-6(11)4-3-8-9-2-1-7-5(4)9/h3,7H,1-2H2,(H,10,11). The van der Waals surface area contributed by atoms with E-state index in [4.69, 9.17) is 5.11 Å². The molecule has 5 nitrogen and oxygen atoms in total. The van der Waals surface area contributed by atoms with Gasteiger partial charge in [0.05, 0.1) is 12.7 Å². The van der Waals surface area contributed by atoms with Gasteiger partial charge in [-0.05, 0) is 0 Å². The van der Waals surface area contributed by atoms with Crippen LogP contribution in [0.4, 0.5) is 5.82 Å². The Morgan fingerprint density at radius 2 is 2.64 bits per heavy atom. The third-order valence-electron chi connectivity index (χ3n) is 1.69. The van der Waals surface area contributed by atoms with Crippen molar-refractivity contribution in [1.29, 1.82) is 0 Å². The highest BCUT2D eigenvalue weighted by Crippen LogP contribution is 2.18. The molecule has 1 aliphatic heterocycles. The lowest BCUT2D eigenvalue weighted by molar-refractivity contribution is 0.0698. The molecule has 0 bridgehead atoms. The van der Waals surface area contributed by atoms with Crippen molar-refractivity contribution in [2.45, 2.75) is 6.54 Å². The molecule has 0 unspecified atom stereocenters. The minimum Gasteiger partial charge on any atom is -0.477 e. The highest BCUT2D eigenvalue weighted by molar-refractivity contribution is 5.93. The maximum absolute atomic E-state index is 10.5. The Morgan fingerprint density at radius 1 is 1.82 bits per heavy atom. The summed E-state index contributed by atoms with van der Waals surface area (Å²) in [6.45, 7) is 1.52. The zero-order valence-corrected chi connectivity index (χ0v) is 5.74. The normalized spacial score (nSPS) is 14.2. The maximum atomic E-state index is 10.5. The molecule has 1 aromatic rings. The zero-order chi connectivity index (χ0) is 7.84. The number of carboxylic acid groups (broad SMARTS) is 1. The number of fused-ring (bicyclic) bond motifs is 1. The second kappa shape index (κ2) is 1.98. The third-order valence-corrected chi connectivity index (χ3v) is 1.69. The molecule has 2 rings (SSSR count). The van der Waals surface area contributed by atoms with Gasteiger partial charge in [-0.1, -0.05) is 0 Å². The Morgan fingerprint density at radius 3 is 3.36 bits per heavy atom. The topological polar surface area (TPSA) is 67.1 Å². The van der Waals surface area contributed by atoms with Crippen molar-refractivity contribution >= 4 is 11.8 Å². The van der Waals surface area contributed by atoms with Crippen LogP contribution in [0, 0.1) is 0 Å². The summed E-state index contributed by atoms with van der Waals surface area (Å²) < 4.78 is 1.66. The maximum Gasteiger partial charge on any atom is 0.341 e. The van der Waals surface area contributed by atoms with Crippen LogP contribution in [0.3, 0.4) is 0 Å². The van der Waals surface area contributed by atoms with Gasteiger partial charge in [0.15, 0.2) is 0 Å². The summed E-state index contributed by atoms with van der Waals surface area (Å²) in [5.74, 6) is -0.307. The minimum absolute atomic E-state index is 0.252. The van der Waals surface area contributed by atoms with Gasteiger partial charge in [-0.3, -0.25) is 0 Å². The summed E-state index contributed by atoms with van der Waals surface area (Å²) in [6, 6.07) is 0. The molecule has 5 heteroatoms. The average Bonchev–Trinajstić information content (AvgIpc) is 2.41. The van der Waals surface area contributed by atoms with Gasteiger partial charge in [-0.15, -0.1) is 0 Å². The van der Waals surface area contributed by atoms with Crippen molar-refractivity contribution < 1.29 is 9.90 Å². The van der Waals surface area contributed by atoms with Gasteiger partial charge in [0.25, 0.3) is 0 Å². The molecule has 0 radical (unpaired) electrons. The van der Waals surface area contributed by atoms with E-state index in [-0.39, 0.29) is 5.56 Å². The molecule has 0 spiro atoms. The molecule has 2 heterocycles. The summed E-state index contributed by atoms with van der Waals surface area (Å²) in [5.41, 5.74) is 0.252. The van der Waals surface area contributed by atoms with E-state index in [2.05, 4.69) is 10.4 Å². The summed E-state index contributed by atoms with van der Waals surface area (Å²) in [7, 11) is 0. The lowest BCUT2D eigenvalue weighted by Gasteiger charge is -1.93. The number of hydrogen-bond donors (Lipinski definition) is 2. The van der Waals surface area contributed by atoms with E-state index < -0.39 is 5.97 Å². The highest BCUT2D eigenvalue weighted by atomic mass is 16.4. The van der Waals surface area contributed by atoms with E-state index in [0.29, 0.717) is 5.82 Å². The molecule has 2 N–H and O–H groups in total. The van der Waals surface area contributed by atoms with Crippen LogP contribution in [0.2, 0.25) is 0 Å². The highest BCUT2D eigenvalue weighted by Gasteiger charge is 2.19. The fourth-order valence-corrected chi connectivity index (χ4v) is 1.18. The lowest BCUT2D eigenvalue weighted by Crippen LogP contribution is -2.00. The molecule has 1 aliphatic rings. The number of nitrogens with one attached hydrogen (secondary N) is 1. The first kappa shape index (κ1) is 6.21. The fourth-order valence-electron chi connectivity index (χ4n) is 1.18. The Kier molecular flexibility index (Phi) is 1.12.